The Morgan fingerprint density at radius 3 is 2.61 bits per heavy atom. The van der Waals surface area contributed by atoms with Gasteiger partial charge in [0, 0.05) is 5.56 Å². The maximum absolute atomic E-state index is 13.5. The summed E-state index contributed by atoms with van der Waals surface area (Å²) in [6.07, 6.45) is 7.57. The van der Waals surface area contributed by atoms with Crippen molar-refractivity contribution in [2.45, 2.75) is 46.6 Å². The Kier molecular flexibility index (Phi) is 4.92. The minimum Gasteiger partial charge on any atom is -0.508 e. The summed E-state index contributed by atoms with van der Waals surface area (Å²) < 4.78 is 12.1. The van der Waals surface area contributed by atoms with Crippen LogP contribution in [0.3, 0.4) is 0 Å². The van der Waals surface area contributed by atoms with Gasteiger partial charge in [-0.3, -0.25) is 4.79 Å². The van der Waals surface area contributed by atoms with Crippen molar-refractivity contribution in [3.05, 3.63) is 69.1 Å². The number of aromatic hydroxyl groups is 2. The molecule has 0 spiro atoms. The number of hydrogen-bond acceptors (Lipinski definition) is 5. The lowest BCUT2D eigenvalue weighted by molar-refractivity contribution is 0.157. The average molecular weight is 418 g/mol. The van der Waals surface area contributed by atoms with E-state index in [1.165, 1.54) is 12.3 Å². The van der Waals surface area contributed by atoms with Crippen LogP contribution in [-0.2, 0) is 6.42 Å². The van der Waals surface area contributed by atoms with Crippen LogP contribution in [-0.4, -0.2) is 15.8 Å². The molecule has 2 heterocycles. The number of phenolic OH excluding ortho intramolecular Hbond substituents is 2. The molecule has 0 radical (unpaired) electrons. The summed E-state index contributed by atoms with van der Waals surface area (Å²) in [6, 6.07) is 5.01. The quantitative estimate of drug-likeness (QED) is 0.520. The van der Waals surface area contributed by atoms with Crippen LogP contribution in [0.4, 0.5) is 0 Å². The minimum absolute atomic E-state index is 0.0921. The van der Waals surface area contributed by atoms with E-state index >= 15 is 0 Å². The molecule has 5 heteroatoms. The summed E-state index contributed by atoms with van der Waals surface area (Å²) in [5.74, 6) is 0.484. The van der Waals surface area contributed by atoms with E-state index < -0.39 is 5.60 Å². The molecular weight excluding hydrogens is 392 g/mol. The molecule has 0 fully saturated rings. The highest BCUT2D eigenvalue weighted by molar-refractivity contribution is 5.97. The number of benzene rings is 2. The molecule has 31 heavy (non-hydrogen) atoms. The van der Waals surface area contributed by atoms with Crippen LogP contribution < -0.4 is 10.2 Å². The van der Waals surface area contributed by atoms with Gasteiger partial charge < -0.3 is 19.4 Å². The fraction of sp³-hybridized carbons (Fsp3) is 0.269. The van der Waals surface area contributed by atoms with E-state index in [0.29, 0.717) is 34.4 Å². The molecule has 4 rings (SSSR count). The first kappa shape index (κ1) is 20.8. The largest absolute Gasteiger partial charge is 0.508 e. The van der Waals surface area contributed by atoms with Crippen LogP contribution >= 0.6 is 0 Å². The standard InChI is InChI=1S/C26H26O5/c1-14(2)6-9-17-22(28)21-23(29)19(16-8-7-15(3)20(27)12-16)13-30-25(21)18-10-11-26(4,5)31-24(17)18/h6-8,10-13,27-28H,9H2,1-5H3. The molecule has 2 aromatic carbocycles. The summed E-state index contributed by atoms with van der Waals surface area (Å²) in [5, 5.41) is 21.4. The van der Waals surface area contributed by atoms with Crippen molar-refractivity contribution in [2.24, 2.45) is 0 Å². The number of rotatable bonds is 3. The number of fused-ring (bicyclic) bond motifs is 3. The van der Waals surface area contributed by atoms with Gasteiger partial charge in [0.15, 0.2) is 5.58 Å². The fourth-order valence-electron chi connectivity index (χ4n) is 3.73. The molecule has 0 atom stereocenters. The zero-order valence-corrected chi connectivity index (χ0v) is 18.4. The van der Waals surface area contributed by atoms with Crippen molar-refractivity contribution in [3.8, 4) is 28.4 Å². The Labute approximate surface area is 180 Å². The van der Waals surface area contributed by atoms with E-state index in [2.05, 4.69) is 0 Å². The Morgan fingerprint density at radius 2 is 1.94 bits per heavy atom. The Morgan fingerprint density at radius 1 is 1.19 bits per heavy atom. The Hall–Kier alpha value is -3.47. The molecule has 0 bridgehead atoms. The van der Waals surface area contributed by atoms with Crippen molar-refractivity contribution in [1.29, 1.82) is 0 Å². The van der Waals surface area contributed by atoms with Gasteiger partial charge in [-0.15, -0.1) is 0 Å². The van der Waals surface area contributed by atoms with Gasteiger partial charge in [0.2, 0.25) is 5.43 Å². The van der Waals surface area contributed by atoms with Gasteiger partial charge in [0.25, 0.3) is 0 Å². The monoisotopic (exact) mass is 418 g/mol. The number of phenols is 2. The fourth-order valence-corrected chi connectivity index (χ4v) is 3.73. The van der Waals surface area contributed by atoms with Gasteiger partial charge in [0.1, 0.15) is 34.5 Å². The zero-order valence-electron chi connectivity index (χ0n) is 18.4. The molecule has 1 aliphatic heterocycles. The maximum atomic E-state index is 13.5. The molecule has 160 valence electrons. The van der Waals surface area contributed by atoms with Crippen LogP contribution in [0.2, 0.25) is 0 Å². The van der Waals surface area contributed by atoms with Gasteiger partial charge in [-0.05, 0) is 70.4 Å². The summed E-state index contributed by atoms with van der Waals surface area (Å²) in [7, 11) is 0. The smallest absolute Gasteiger partial charge is 0.204 e. The molecule has 3 aromatic rings. The van der Waals surface area contributed by atoms with Gasteiger partial charge in [-0.2, -0.15) is 0 Å². The molecule has 0 saturated carbocycles. The third kappa shape index (κ3) is 3.61. The Bertz CT molecular complexity index is 1320. The van der Waals surface area contributed by atoms with Crippen molar-refractivity contribution in [1.82, 2.24) is 0 Å². The molecular formula is C26H26O5. The van der Waals surface area contributed by atoms with E-state index in [-0.39, 0.29) is 33.5 Å². The van der Waals surface area contributed by atoms with Crippen molar-refractivity contribution >= 4 is 17.0 Å². The summed E-state index contributed by atoms with van der Waals surface area (Å²) in [5.41, 5.74) is 3.16. The highest BCUT2D eigenvalue weighted by Crippen LogP contribution is 2.45. The predicted octanol–water partition coefficient (Wildman–Crippen LogP) is 5.87. The maximum Gasteiger partial charge on any atom is 0.204 e. The zero-order chi connectivity index (χ0) is 22.5. The SMILES string of the molecule is CC(C)=CCc1c2c(c3occ(-c4ccc(C)c(O)c4)c(=O)c3c1O)C=CC(C)(C)O2. The number of ether oxygens (including phenoxy) is 1. The van der Waals surface area contributed by atoms with Crippen LogP contribution in [0.1, 0.15) is 44.4 Å². The average Bonchev–Trinajstić information content (AvgIpc) is 2.69. The van der Waals surface area contributed by atoms with E-state index in [9.17, 15) is 15.0 Å². The van der Waals surface area contributed by atoms with Crippen molar-refractivity contribution < 1.29 is 19.4 Å². The molecule has 5 nitrogen and oxygen atoms in total. The second-order valence-corrected chi connectivity index (χ2v) is 8.78. The highest BCUT2D eigenvalue weighted by atomic mass is 16.5. The summed E-state index contributed by atoms with van der Waals surface area (Å²) in [4.78, 5) is 13.5. The van der Waals surface area contributed by atoms with Crippen LogP contribution in [0.25, 0.3) is 28.2 Å². The topological polar surface area (TPSA) is 79.9 Å². The minimum atomic E-state index is -0.549. The number of hydrogen-bond donors (Lipinski definition) is 2. The van der Waals surface area contributed by atoms with E-state index in [4.69, 9.17) is 9.15 Å². The molecule has 0 amide bonds. The number of aryl methyl sites for hydroxylation is 1. The predicted molar refractivity (Wildman–Crippen MR) is 123 cm³/mol. The van der Waals surface area contributed by atoms with Crippen molar-refractivity contribution in [3.63, 3.8) is 0 Å². The third-order valence-corrected chi connectivity index (χ3v) is 5.53. The van der Waals surface area contributed by atoms with Crippen LogP contribution in [0.5, 0.6) is 17.2 Å². The highest BCUT2D eigenvalue weighted by Gasteiger charge is 2.30. The molecule has 0 saturated heterocycles. The second-order valence-electron chi connectivity index (χ2n) is 8.78. The van der Waals surface area contributed by atoms with Crippen LogP contribution in [0.15, 0.2) is 51.4 Å². The summed E-state index contributed by atoms with van der Waals surface area (Å²) >= 11 is 0. The third-order valence-electron chi connectivity index (χ3n) is 5.53. The first-order valence-electron chi connectivity index (χ1n) is 10.2. The Balaban J connectivity index is 2.05. The number of allylic oxidation sites excluding steroid dienone is 2. The lowest BCUT2D eigenvalue weighted by atomic mass is 9.93. The lowest BCUT2D eigenvalue weighted by Crippen LogP contribution is -2.28. The van der Waals surface area contributed by atoms with E-state index in [1.54, 1.807) is 19.1 Å². The van der Waals surface area contributed by atoms with Crippen molar-refractivity contribution in [2.75, 3.05) is 0 Å². The first-order valence-corrected chi connectivity index (χ1v) is 10.2. The van der Waals surface area contributed by atoms with Gasteiger partial charge in [0.05, 0.1) is 11.1 Å². The molecule has 0 aliphatic carbocycles. The first-order chi connectivity index (χ1) is 14.6. The molecule has 2 N–H and O–H groups in total. The molecule has 1 aliphatic rings. The van der Waals surface area contributed by atoms with E-state index in [0.717, 1.165) is 5.57 Å². The summed E-state index contributed by atoms with van der Waals surface area (Å²) in [6.45, 7) is 9.60. The molecule has 1 aromatic heterocycles. The van der Waals surface area contributed by atoms with Gasteiger partial charge in [-0.25, -0.2) is 0 Å². The van der Waals surface area contributed by atoms with Gasteiger partial charge >= 0.3 is 0 Å². The van der Waals surface area contributed by atoms with Crippen LogP contribution in [0, 0.1) is 6.92 Å². The normalized spacial score (nSPS) is 14.2. The lowest BCUT2D eigenvalue weighted by Gasteiger charge is -2.30. The van der Waals surface area contributed by atoms with E-state index in [1.807, 2.05) is 45.9 Å². The second kappa shape index (κ2) is 7.34. The van der Waals surface area contributed by atoms with Gasteiger partial charge in [-0.1, -0.05) is 23.8 Å². The molecule has 0 unspecified atom stereocenters.